The number of nitrogens with one attached hydrogen (secondary N) is 1. The maximum atomic E-state index is 3.63. The zero-order valence-electron chi connectivity index (χ0n) is 12.9. The van der Waals surface area contributed by atoms with E-state index in [1.54, 1.807) is 0 Å². The third kappa shape index (κ3) is 3.96. The van der Waals surface area contributed by atoms with Crippen LogP contribution in [0.15, 0.2) is 84.5 Å². The molecule has 3 rings (SSSR count). The van der Waals surface area contributed by atoms with Crippen molar-refractivity contribution in [2.24, 2.45) is 0 Å². The Hall–Kier alpha value is -2.12. The van der Waals surface area contributed by atoms with Crippen molar-refractivity contribution in [1.82, 2.24) is 5.32 Å². The summed E-state index contributed by atoms with van der Waals surface area (Å²) < 4.78 is 0. The van der Waals surface area contributed by atoms with Gasteiger partial charge in [0.2, 0.25) is 0 Å². The molecule has 0 bridgehead atoms. The second-order valence-corrected chi connectivity index (χ2v) is 5.76. The fraction of sp³-hybridized carbons (Fsp3) is 0.238. The van der Waals surface area contributed by atoms with Gasteiger partial charge in [0, 0.05) is 19.0 Å². The van der Waals surface area contributed by atoms with Gasteiger partial charge in [-0.05, 0) is 29.5 Å². The zero-order valence-corrected chi connectivity index (χ0v) is 12.9. The van der Waals surface area contributed by atoms with Gasteiger partial charge in [0.15, 0.2) is 0 Å². The van der Waals surface area contributed by atoms with Crippen molar-refractivity contribution in [2.45, 2.75) is 18.8 Å². The minimum Gasteiger partial charge on any atom is -0.312 e. The summed E-state index contributed by atoms with van der Waals surface area (Å²) in [5, 5.41) is 3.63. The van der Waals surface area contributed by atoms with E-state index in [1.807, 2.05) is 0 Å². The highest BCUT2D eigenvalue weighted by Crippen LogP contribution is 2.23. The van der Waals surface area contributed by atoms with E-state index in [-0.39, 0.29) is 0 Å². The molecule has 0 aliphatic heterocycles. The summed E-state index contributed by atoms with van der Waals surface area (Å²) >= 11 is 0. The van der Waals surface area contributed by atoms with Crippen molar-refractivity contribution in [2.75, 3.05) is 13.1 Å². The predicted octanol–water partition coefficient (Wildman–Crippen LogP) is 4.68. The summed E-state index contributed by atoms with van der Waals surface area (Å²) in [4.78, 5) is 0. The van der Waals surface area contributed by atoms with Crippen LogP contribution in [0.25, 0.3) is 0 Å². The van der Waals surface area contributed by atoms with Crippen molar-refractivity contribution in [3.8, 4) is 0 Å². The van der Waals surface area contributed by atoms with E-state index in [0.717, 1.165) is 13.1 Å². The van der Waals surface area contributed by atoms with Gasteiger partial charge >= 0.3 is 0 Å². The molecule has 2 aromatic rings. The first kappa shape index (κ1) is 14.8. The molecule has 0 radical (unpaired) electrons. The molecule has 1 aliphatic rings. The molecule has 1 heteroatoms. The van der Waals surface area contributed by atoms with Gasteiger partial charge in [-0.25, -0.2) is 0 Å². The minimum atomic E-state index is 0.399. The molecule has 0 unspecified atom stereocenters. The molecule has 0 saturated carbocycles. The second kappa shape index (κ2) is 7.77. The fourth-order valence-corrected chi connectivity index (χ4v) is 2.96. The van der Waals surface area contributed by atoms with Crippen LogP contribution in [0.1, 0.15) is 29.9 Å². The first-order valence-corrected chi connectivity index (χ1v) is 8.09. The molecule has 1 nitrogen and oxygen atoms in total. The Morgan fingerprint density at radius 2 is 1.45 bits per heavy atom. The maximum Gasteiger partial charge on any atom is 0.0214 e. The van der Waals surface area contributed by atoms with Gasteiger partial charge in [0.1, 0.15) is 0 Å². The van der Waals surface area contributed by atoms with Crippen molar-refractivity contribution in [3.63, 3.8) is 0 Å². The molecule has 1 aliphatic carbocycles. The van der Waals surface area contributed by atoms with Crippen LogP contribution in [-0.4, -0.2) is 13.1 Å². The number of hydrogen-bond acceptors (Lipinski definition) is 1. The summed E-state index contributed by atoms with van der Waals surface area (Å²) in [5.41, 5.74) is 4.15. The van der Waals surface area contributed by atoms with E-state index in [4.69, 9.17) is 0 Å². The monoisotopic (exact) mass is 289 g/mol. The molecule has 22 heavy (non-hydrogen) atoms. The van der Waals surface area contributed by atoms with Gasteiger partial charge in [0.05, 0.1) is 0 Å². The zero-order chi connectivity index (χ0) is 15.0. The largest absolute Gasteiger partial charge is 0.312 e. The highest BCUT2D eigenvalue weighted by Gasteiger charge is 2.13. The lowest BCUT2D eigenvalue weighted by molar-refractivity contribution is 0.668. The number of benzene rings is 2. The lowest BCUT2D eigenvalue weighted by atomic mass is 9.91. The first-order chi connectivity index (χ1) is 10.9. The van der Waals surface area contributed by atoms with Gasteiger partial charge in [-0.2, -0.15) is 0 Å². The Morgan fingerprint density at radius 1 is 0.818 bits per heavy atom. The molecular formula is C21H23N. The van der Waals surface area contributed by atoms with E-state index in [2.05, 4.69) is 84.2 Å². The first-order valence-electron chi connectivity index (χ1n) is 8.09. The summed E-state index contributed by atoms with van der Waals surface area (Å²) in [7, 11) is 0. The second-order valence-electron chi connectivity index (χ2n) is 5.76. The van der Waals surface area contributed by atoms with Crippen molar-refractivity contribution in [1.29, 1.82) is 0 Å². The SMILES string of the molecule is C1=CC(CNCC(c2ccccc2)c2ccccc2)=CCC1. The molecule has 0 atom stereocenters. The molecule has 0 saturated heterocycles. The Kier molecular flexibility index (Phi) is 5.22. The normalized spacial score (nSPS) is 14.1. The van der Waals surface area contributed by atoms with Crippen molar-refractivity contribution < 1.29 is 0 Å². The number of allylic oxidation sites excluding steroid dienone is 2. The standard InChI is InChI=1S/C21H23N/c1-4-10-18(11-5-1)16-22-17-21(19-12-6-2-7-13-19)20-14-8-3-9-15-20/h2-4,6-15,21-22H,1,5,16-17H2. The average molecular weight is 289 g/mol. The molecule has 112 valence electrons. The van der Waals surface area contributed by atoms with Crippen LogP contribution in [0.5, 0.6) is 0 Å². The topological polar surface area (TPSA) is 12.0 Å². The maximum absolute atomic E-state index is 3.63. The summed E-state index contributed by atoms with van der Waals surface area (Å²) in [6.45, 7) is 1.91. The van der Waals surface area contributed by atoms with Crippen LogP contribution < -0.4 is 5.32 Å². The molecule has 0 fully saturated rings. The Bertz CT molecular complexity index is 586. The van der Waals surface area contributed by atoms with Crippen molar-refractivity contribution in [3.05, 3.63) is 95.6 Å². The molecule has 1 N–H and O–H groups in total. The van der Waals surface area contributed by atoms with Gasteiger partial charge in [-0.15, -0.1) is 0 Å². The minimum absolute atomic E-state index is 0.399. The van der Waals surface area contributed by atoms with Crippen LogP contribution in [-0.2, 0) is 0 Å². The Labute approximate surface area is 133 Å². The van der Waals surface area contributed by atoms with Crippen molar-refractivity contribution >= 4 is 0 Å². The molecular weight excluding hydrogens is 266 g/mol. The summed E-state index contributed by atoms with van der Waals surface area (Å²) in [6, 6.07) is 21.5. The molecule has 0 aromatic heterocycles. The molecule has 0 amide bonds. The molecule has 2 aromatic carbocycles. The smallest absolute Gasteiger partial charge is 0.0214 e. The van der Waals surface area contributed by atoms with Gasteiger partial charge in [-0.1, -0.05) is 78.9 Å². The quantitative estimate of drug-likeness (QED) is 0.814. The van der Waals surface area contributed by atoms with E-state index in [0.29, 0.717) is 5.92 Å². The van der Waals surface area contributed by atoms with Crippen LogP contribution >= 0.6 is 0 Å². The predicted molar refractivity (Wildman–Crippen MR) is 94.1 cm³/mol. The Balaban J connectivity index is 1.69. The third-order valence-corrected chi connectivity index (χ3v) is 4.15. The van der Waals surface area contributed by atoms with Gasteiger partial charge in [0.25, 0.3) is 0 Å². The Morgan fingerprint density at radius 3 is 2.00 bits per heavy atom. The third-order valence-electron chi connectivity index (χ3n) is 4.15. The lowest BCUT2D eigenvalue weighted by Crippen LogP contribution is -2.24. The van der Waals surface area contributed by atoms with Gasteiger partial charge < -0.3 is 5.32 Å². The average Bonchev–Trinajstić information content (AvgIpc) is 2.61. The highest BCUT2D eigenvalue weighted by atomic mass is 14.9. The summed E-state index contributed by atoms with van der Waals surface area (Å²) in [6.07, 6.45) is 9.21. The van der Waals surface area contributed by atoms with E-state index in [9.17, 15) is 0 Å². The fourth-order valence-electron chi connectivity index (χ4n) is 2.96. The van der Waals surface area contributed by atoms with Crippen LogP contribution in [0.2, 0.25) is 0 Å². The summed E-state index contributed by atoms with van der Waals surface area (Å²) in [5.74, 6) is 0.399. The van der Waals surface area contributed by atoms with Crippen LogP contribution in [0.3, 0.4) is 0 Å². The van der Waals surface area contributed by atoms with E-state index < -0.39 is 0 Å². The van der Waals surface area contributed by atoms with E-state index in [1.165, 1.54) is 29.5 Å². The van der Waals surface area contributed by atoms with Crippen LogP contribution in [0.4, 0.5) is 0 Å². The van der Waals surface area contributed by atoms with E-state index >= 15 is 0 Å². The number of hydrogen-bond donors (Lipinski definition) is 1. The molecule has 0 spiro atoms. The molecule has 0 heterocycles. The number of rotatable bonds is 6. The van der Waals surface area contributed by atoms with Gasteiger partial charge in [-0.3, -0.25) is 0 Å². The lowest BCUT2D eigenvalue weighted by Gasteiger charge is -2.19. The highest BCUT2D eigenvalue weighted by molar-refractivity contribution is 5.33. The van der Waals surface area contributed by atoms with Crippen LogP contribution in [0, 0.1) is 0 Å².